The first kappa shape index (κ1) is 31.1. The van der Waals surface area contributed by atoms with Crippen LogP contribution in [0.1, 0.15) is 20.1 Å². The third-order valence-electron chi connectivity index (χ3n) is 5.99. The number of carbonyl (C=O) groups excluding carboxylic acids is 1. The van der Waals surface area contributed by atoms with Crippen LogP contribution in [-0.2, 0) is 52.9 Å². The predicted octanol–water partition coefficient (Wildman–Crippen LogP) is -3.61. The van der Waals surface area contributed by atoms with E-state index >= 15 is 0 Å². The number of nitrogens with two attached hydrogens (primary N) is 1. The molecule has 2 saturated heterocycles. The highest BCUT2D eigenvalue weighted by molar-refractivity contribution is 7.81. The van der Waals surface area contributed by atoms with Crippen molar-refractivity contribution in [3.8, 4) is 0 Å². The van der Waals surface area contributed by atoms with Crippen LogP contribution in [0.2, 0.25) is 0 Å². The van der Waals surface area contributed by atoms with Crippen LogP contribution in [-0.4, -0.2) is 117 Å². The van der Waals surface area contributed by atoms with Crippen molar-refractivity contribution in [2.75, 3.05) is 12.3 Å². The first-order chi connectivity index (χ1) is 18.9. The van der Waals surface area contributed by atoms with Gasteiger partial charge < -0.3 is 34.9 Å². The van der Waals surface area contributed by atoms with E-state index in [0.29, 0.717) is 0 Å². The van der Waals surface area contributed by atoms with Gasteiger partial charge >= 0.3 is 26.8 Å². The second-order valence-corrected chi connectivity index (χ2v) is 11.0. The van der Waals surface area contributed by atoms with Crippen molar-refractivity contribution in [3.63, 3.8) is 0 Å². The number of anilines is 1. The number of aromatic amines is 1. The topological polar surface area (TPSA) is 311 Å². The number of aromatic nitrogens is 4. The summed E-state index contributed by atoms with van der Waals surface area (Å²) in [5.41, 5.74) is 4.24. The van der Waals surface area contributed by atoms with Crippen molar-refractivity contribution in [2.24, 2.45) is 0 Å². The summed E-state index contributed by atoms with van der Waals surface area (Å²) in [6.07, 6.45) is -14.3. The smallest absolute Gasteiger partial charge is 0.397 e. The Morgan fingerprint density at radius 3 is 2.41 bits per heavy atom. The van der Waals surface area contributed by atoms with Crippen molar-refractivity contribution in [3.05, 3.63) is 16.7 Å². The lowest BCUT2D eigenvalue weighted by Gasteiger charge is -2.42. The van der Waals surface area contributed by atoms with Gasteiger partial charge in [-0.1, -0.05) is 0 Å². The summed E-state index contributed by atoms with van der Waals surface area (Å²) in [6, 6.07) is 0. The summed E-state index contributed by atoms with van der Waals surface area (Å²) < 4.78 is 96.7. The lowest BCUT2D eigenvalue weighted by molar-refractivity contribution is -0.312. The number of H-pyrrole nitrogens is 1. The number of rotatable bonds is 9. The fourth-order valence-electron chi connectivity index (χ4n) is 4.38. The molecule has 0 bridgehead atoms. The van der Waals surface area contributed by atoms with Crippen LogP contribution in [0.15, 0.2) is 11.1 Å². The quantitative estimate of drug-likeness (QED) is 0.115. The standard InChI is InChI=1S/C18H25N5O16S2/c1-5-11(36-6(2)24)9(25)10(26)17(35-5)38-12-7(3-34-40(28,29)30)37-16(13(12)39-41(31,32)33)23-4-20-8-14(23)21-18(19)22-15(8)27/h4-5,7,9-13,16-17,25-26H,3H2,1-2H3,(H,28,29,30)(H,31,32,33)(H3,19,21,22,27). The Morgan fingerprint density at radius 1 is 1.12 bits per heavy atom. The molecule has 9 unspecified atom stereocenters. The zero-order valence-electron chi connectivity index (χ0n) is 20.9. The molecule has 2 aliphatic rings. The molecule has 4 rings (SSSR count). The maximum Gasteiger partial charge on any atom is 0.397 e. The fourth-order valence-corrected chi connectivity index (χ4v) is 5.17. The molecule has 0 radical (unpaired) electrons. The lowest BCUT2D eigenvalue weighted by atomic mass is 9.99. The van der Waals surface area contributed by atoms with Crippen LogP contribution < -0.4 is 11.3 Å². The molecule has 41 heavy (non-hydrogen) atoms. The van der Waals surface area contributed by atoms with Crippen LogP contribution in [0.3, 0.4) is 0 Å². The number of aliphatic hydroxyl groups excluding tert-OH is 2. The summed E-state index contributed by atoms with van der Waals surface area (Å²) in [7, 11) is -10.4. The molecule has 0 aromatic carbocycles. The number of nitrogens with one attached hydrogen (secondary N) is 1. The molecular formula is C18H25N5O16S2. The van der Waals surface area contributed by atoms with Gasteiger partial charge in [0, 0.05) is 6.92 Å². The van der Waals surface area contributed by atoms with Gasteiger partial charge in [-0.25, -0.2) is 13.4 Å². The zero-order chi connectivity index (χ0) is 30.4. The minimum atomic E-state index is -5.32. The summed E-state index contributed by atoms with van der Waals surface area (Å²) in [5, 5.41) is 21.1. The number of nitrogen functional groups attached to an aromatic ring is 1. The Balaban J connectivity index is 1.74. The maximum absolute atomic E-state index is 12.2. The SMILES string of the molecule is CC(=O)OC1C(C)OC(OC2C(COS(=O)(=O)O)OC(n3cnc4c(=O)[nH]c(N)nc43)C2OS(=O)(=O)O)C(O)C1O. The van der Waals surface area contributed by atoms with Crippen molar-refractivity contribution in [1.29, 1.82) is 0 Å². The molecule has 23 heteroatoms. The van der Waals surface area contributed by atoms with Gasteiger partial charge in [0.2, 0.25) is 5.95 Å². The largest absolute Gasteiger partial charge is 0.457 e. The van der Waals surface area contributed by atoms with Gasteiger partial charge in [0.1, 0.15) is 24.4 Å². The van der Waals surface area contributed by atoms with E-state index in [1.54, 1.807) is 0 Å². The molecule has 0 saturated carbocycles. The third-order valence-corrected chi connectivity index (χ3v) is 6.89. The van der Waals surface area contributed by atoms with Crippen molar-refractivity contribution in [2.45, 2.75) is 69.1 Å². The number of nitrogens with zero attached hydrogens (tertiary/aromatic N) is 3. The predicted molar refractivity (Wildman–Crippen MR) is 127 cm³/mol. The second-order valence-electron chi connectivity index (χ2n) is 8.91. The lowest BCUT2D eigenvalue weighted by Crippen LogP contribution is -2.60. The van der Waals surface area contributed by atoms with E-state index in [4.69, 9.17) is 33.4 Å². The number of aliphatic hydroxyl groups is 2. The minimum Gasteiger partial charge on any atom is -0.457 e. The van der Waals surface area contributed by atoms with E-state index in [1.807, 2.05) is 0 Å². The minimum absolute atomic E-state index is 0.266. The Hall–Kier alpha value is -2.84. The number of fused-ring (bicyclic) bond motifs is 1. The molecule has 230 valence electrons. The molecule has 21 nitrogen and oxygen atoms in total. The molecule has 2 aromatic heterocycles. The Labute approximate surface area is 230 Å². The van der Waals surface area contributed by atoms with Gasteiger partial charge in [0.25, 0.3) is 5.56 Å². The number of imidazole rings is 1. The molecule has 9 atom stereocenters. The van der Waals surface area contributed by atoms with Crippen molar-refractivity contribution >= 4 is 43.9 Å². The van der Waals surface area contributed by atoms with Gasteiger partial charge in [-0.2, -0.15) is 21.8 Å². The van der Waals surface area contributed by atoms with Crippen LogP contribution in [0.25, 0.3) is 11.2 Å². The summed E-state index contributed by atoms with van der Waals surface area (Å²) >= 11 is 0. The summed E-state index contributed by atoms with van der Waals surface area (Å²) in [5.74, 6) is -1.18. The van der Waals surface area contributed by atoms with E-state index < -0.39 is 94.2 Å². The molecule has 2 aliphatic heterocycles. The van der Waals surface area contributed by atoms with Gasteiger partial charge in [-0.3, -0.25) is 28.2 Å². The van der Waals surface area contributed by atoms with Gasteiger partial charge in [0.05, 0.1) is 19.0 Å². The van der Waals surface area contributed by atoms with Gasteiger partial charge in [-0.15, -0.1) is 0 Å². The highest BCUT2D eigenvalue weighted by Gasteiger charge is 2.54. The fraction of sp³-hybridized carbons (Fsp3) is 0.667. The van der Waals surface area contributed by atoms with Gasteiger partial charge in [-0.05, 0) is 6.92 Å². The van der Waals surface area contributed by atoms with E-state index in [-0.39, 0.29) is 17.1 Å². The van der Waals surface area contributed by atoms with E-state index in [1.165, 1.54) is 6.92 Å². The van der Waals surface area contributed by atoms with Crippen molar-refractivity contribution in [1.82, 2.24) is 19.5 Å². The normalized spacial score (nSPS) is 32.8. The highest BCUT2D eigenvalue weighted by Crippen LogP contribution is 2.38. The molecule has 0 amide bonds. The average molecular weight is 632 g/mol. The number of carbonyl (C=O) groups is 1. The first-order valence-corrected chi connectivity index (χ1v) is 14.2. The summed E-state index contributed by atoms with van der Waals surface area (Å²) in [6.45, 7) is 1.35. The maximum atomic E-state index is 12.2. The highest BCUT2D eigenvalue weighted by atomic mass is 32.3. The molecule has 7 N–H and O–H groups in total. The molecule has 2 aromatic rings. The average Bonchev–Trinajstić information content (AvgIpc) is 3.38. The van der Waals surface area contributed by atoms with E-state index in [2.05, 4.69) is 19.1 Å². The number of hydrogen-bond acceptors (Lipinski definition) is 17. The molecule has 0 aliphatic carbocycles. The van der Waals surface area contributed by atoms with Gasteiger partial charge in [0.15, 0.2) is 35.9 Å². The molecule has 4 heterocycles. The third kappa shape index (κ3) is 6.97. The Morgan fingerprint density at radius 2 is 1.80 bits per heavy atom. The number of ether oxygens (including phenoxy) is 4. The Kier molecular flexibility index (Phi) is 8.68. The Bertz CT molecular complexity index is 1560. The molecular weight excluding hydrogens is 606 g/mol. The van der Waals surface area contributed by atoms with E-state index in [0.717, 1.165) is 17.8 Å². The number of hydrogen-bond donors (Lipinski definition) is 6. The zero-order valence-corrected chi connectivity index (χ0v) is 22.5. The summed E-state index contributed by atoms with van der Waals surface area (Å²) in [4.78, 5) is 33.6. The van der Waals surface area contributed by atoms with Crippen LogP contribution in [0.4, 0.5) is 5.95 Å². The van der Waals surface area contributed by atoms with E-state index in [9.17, 15) is 41.2 Å². The van der Waals surface area contributed by atoms with Crippen LogP contribution in [0, 0.1) is 0 Å². The molecule has 0 spiro atoms. The first-order valence-electron chi connectivity index (χ1n) is 11.4. The monoisotopic (exact) mass is 631 g/mol. The second kappa shape index (κ2) is 11.4. The van der Waals surface area contributed by atoms with Crippen molar-refractivity contribution < 1.29 is 68.3 Å². The van der Waals surface area contributed by atoms with Crippen LogP contribution >= 0.6 is 0 Å². The number of esters is 1. The van der Waals surface area contributed by atoms with Crippen LogP contribution in [0.5, 0.6) is 0 Å². The molecule has 2 fully saturated rings.